The molecule has 0 aliphatic rings. The topological polar surface area (TPSA) is 56.7 Å². The van der Waals surface area contributed by atoms with Crippen molar-refractivity contribution in [2.24, 2.45) is 4.99 Å². The molecule has 0 fully saturated rings. The lowest BCUT2D eigenvalue weighted by Gasteiger charge is -2.18. The summed E-state index contributed by atoms with van der Waals surface area (Å²) in [4.78, 5) is 4.54. The van der Waals surface area contributed by atoms with Gasteiger partial charge in [-0.1, -0.05) is 42.5 Å². The van der Waals surface area contributed by atoms with Crippen LogP contribution in [0, 0.1) is 12.7 Å². The molecule has 2 aromatic carbocycles. The van der Waals surface area contributed by atoms with Crippen LogP contribution in [-0.4, -0.2) is 30.8 Å². The normalized spacial score (nSPS) is 12.7. The van der Waals surface area contributed by atoms with E-state index >= 15 is 0 Å². The van der Waals surface area contributed by atoms with Crippen LogP contribution in [0.4, 0.5) is 4.39 Å². The molecule has 1 unspecified atom stereocenters. The highest BCUT2D eigenvalue weighted by Crippen LogP contribution is 2.13. The Morgan fingerprint density at radius 2 is 1.92 bits per heavy atom. The summed E-state index contributed by atoms with van der Waals surface area (Å²) in [7, 11) is 0. The van der Waals surface area contributed by atoms with Gasteiger partial charge in [0.1, 0.15) is 5.82 Å². The Bertz CT molecular complexity index is 689. The van der Waals surface area contributed by atoms with Crippen molar-refractivity contribution >= 4 is 5.96 Å². The van der Waals surface area contributed by atoms with Crippen molar-refractivity contribution < 1.29 is 9.50 Å². The molecule has 0 spiro atoms. The Labute approximate surface area is 148 Å². The fourth-order valence-corrected chi connectivity index (χ4v) is 2.55. The zero-order valence-corrected chi connectivity index (χ0v) is 14.8. The number of rotatable bonds is 7. The molecule has 0 aliphatic carbocycles. The first-order valence-electron chi connectivity index (χ1n) is 8.57. The number of nitrogens with one attached hydrogen (secondary N) is 2. The van der Waals surface area contributed by atoms with E-state index in [2.05, 4.69) is 15.6 Å². The fourth-order valence-electron chi connectivity index (χ4n) is 2.55. The van der Waals surface area contributed by atoms with Crippen molar-refractivity contribution in [3.63, 3.8) is 0 Å². The molecule has 134 valence electrons. The van der Waals surface area contributed by atoms with E-state index in [0.717, 1.165) is 17.7 Å². The smallest absolute Gasteiger partial charge is 0.191 e. The number of aliphatic hydroxyl groups excluding tert-OH is 1. The molecule has 4 nitrogen and oxygen atoms in total. The molecule has 0 amide bonds. The Hall–Kier alpha value is -2.40. The molecule has 3 N–H and O–H groups in total. The average molecular weight is 343 g/mol. The molecule has 0 radical (unpaired) electrons. The SMILES string of the molecule is CCNC(=NCc1ccc(F)c(C)c1)NCC(CO)c1ccccc1. The van der Waals surface area contributed by atoms with Crippen LogP contribution in [-0.2, 0) is 6.54 Å². The van der Waals surface area contributed by atoms with E-state index in [0.29, 0.717) is 24.6 Å². The van der Waals surface area contributed by atoms with Gasteiger partial charge in [-0.15, -0.1) is 0 Å². The number of hydrogen-bond donors (Lipinski definition) is 3. The van der Waals surface area contributed by atoms with E-state index in [1.807, 2.05) is 43.3 Å². The molecule has 0 aliphatic heterocycles. The molecule has 0 aromatic heterocycles. The van der Waals surface area contributed by atoms with Crippen LogP contribution in [0.25, 0.3) is 0 Å². The second-order valence-electron chi connectivity index (χ2n) is 5.95. The summed E-state index contributed by atoms with van der Waals surface area (Å²) in [6.45, 7) is 5.59. The van der Waals surface area contributed by atoms with E-state index in [1.165, 1.54) is 6.07 Å². The fraction of sp³-hybridized carbons (Fsp3) is 0.350. The minimum Gasteiger partial charge on any atom is -0.396 e. The van der Waals surface area contributed by atoms with Gasteiger partial charge in [-0.2, -0.15) is 0 Å². The average Bonchev–Trinajstić information content (AvgIpc) is 2.63. The van der Waals surface area contributed by atoms with Crippen molar-refractivity contribution in [3.8, 4) is 0 Å². The van der Waals surface area contributed by atoms with E-state index < -0.39 is 0 Å². The molecule has 0 heterocycles. The van der Waals surface area contributed by atoms with Crippen LogP contribution < -0.4 is 10.6 Å². The van der Waals surface area contributed by atoms with Gasteiger partial charge in [0.05, 0.1) is 13.2 Å². The van der Waals surface area contributed by atoms with Gasteiger partial charge >= 0.3 is 0 Å². The van der Waals surface area contributed by atoms with Crippen molar-refractivity contribution in [1.82, 2.24) is 10.6 Å². The van der Waals surface area contributed by atoms with Crippen LogP contribution in [0.1, 0.15) is 29.5 Å². The van der Waals surface area contributed by atoms with Gasteiger partial charge in [0, 0.05) is 19.0 Å². The summed E-state index contributed by atoms with van der Waals surface area (Å²) in [5, 5.41) is 16.1. The molecule has 0 bridgehead atoms. The van der Waals surface area contributed by atoms with Gasteiger partial charge in [0.2, 0.25) is 0 Å². The lowest BCUT2D eigenvalue weighted by atomic mass is 10.0. The predicted octanol–water partition coefficient (Wildman–Crippen LogP) is 2.97. The van der Waals surface area contributed by atoms with Crippen molar-refractivity contribution in [2.75, 3.05) is 19.7 Å². The number of aryl methyl sites for hydroxylation is 1. The molecule has 2 rings (SSSR count). The quantitative estimate of drug-likeness (QED) is 0.535. The summed E-state index contributed by atoms with van der Waals surface area (Å²) in [6.07, 6.45) is 0. The molecule has 2 aromatic rings. The second-order valence-corrected chi connectivity index (χ2v) is 5.95. The van der Waals surface area contributed by atoms with Crippen molar-refractivity contribution in [2.45, 2.75) is 26.3 Å². The Kier molecular flexibility index (Phi) is 7.41. The van der Waals surface area contributed by atoms with E-state index in [-0.39, 0.29) is 18.3 Å². The van der Waals surface area contributed by atoms with Crippen LogP contribution >= 0.6 is 0 Å². The highest BCUT2D eigenvalue weighted by atomic mass is 19.1. The third-order valence-electron chi connectivity index (χ3n) is 3.99. The van der Waals surface area contributed by atoms with Gasteiger partial charge in [-0.05, 0) is 36.6 Å². The minimum absolute atomic E-state index is 0.00174. The van der Waals surface area contributed by atoms with Crippen molar-refractivity contribution in [3.05, 3.63) is 71.0 Å². The van der Waals surface area contributed by atoms with Gasteiger partial charge in [0.15, 0.2) is 5.96 Å². The molecular weight excluding hydrogens is 317 g/mol. The number of aliphatic hydroxyl groups is 1. The summed E-state index contributed by atoms with van der Waals surface area (Å²) in [5.41, 5.74) is 2.66. The predicted molar refractivity (Wildman–Crippen MR) is 100 cm³/mol. The molecule has 0 saturated carbocycles. The van der Waals surface area contributed by atoms with Crippen molar-refractivity contribution in [1.29, 1.82) is 0 Å². The molecule has 5 heteroatoms. The van der Waals surface area contributed by atoms with E-state index in [1.54, 1.807) is 13.0 Å². The molecular formula is C20H26FN3O. The summed E-state index contributed by atoms with van der Waals surface area (Å²) >= 11 is 0. The maximum absolute atomic E-state index is 13.3. The van der Waals surface area contributed by atoms with Crippen LogP contribution in [0.15, 0.2) is 53.5 Å². The third kappa shape index (κ3) is 5.87. The van der Waals surface area contributed by atoms with Crippen LogP contribution in [0.3, 0.4) is 0 Å². The standard InChI is InChI=1S/C20H26FN3O/c1-3-22-20(23-12-16-9-10-19(21)15(2)11-16)24-13-18(14-25)17-7-5-4-6-8-17/h4-11,18,25H,3,12-14H2,1-2H3,(H2,22,23,24). The monoisotopic (exact) mass is 343 g/mol. The third-order valence-corrected chi connectivity index (χ3v) is 3.99. The van der Waals surface area contributed by atoms with Gasteiger partial charge in [-0.3, -0.25) is 0 Å². The first-order valence-corrected chi connectivity index (χ1v) is 8.57. The molecule has 0 saturated heterocycles. The largest absolute Gasteiger partial charge is 0.396 e. The van der Waals surface area contributed by atoms with Crippen LogP contribution in [0.5, 0.6) is 0 Å². The molecule has 1 atom stereocenters. The number of benzene rings is 2. The minimum atomic E-state index is -0.202. The summed E-state index contributed by atoms with van der Waals surface area (Å²) < 4.78 is 13.3. The number of hydrogen-bond acceptors (Lipinski definition) is 2. The van der Waals surface area contributed by atoms with Gasteiger partial charge in [0.25, 0.3) is 0 Å². The number of aliphatic imine (C=N–C) groups is 1. The zero-order chi connectivity index (χ0) is 18.1. The first kappa shape index (κ1) is 18.9. The lowest BCUT2D eigenvalue weighted by molar-refractivity contribution is 0.265. The maximum atomic E-state index is 13.3. The number of nitrogens with zero attached hydrogens (tertiary/aromatic N) is 1. The molecule has 25 heavy (non-hydrogen) atoms. The number of halogens is 1. The Morgan fingerprint density at radius 1 is 1.16 bits per heavy atom. The van der Waals surface area contributed by atoms with E-state index in [4.69, 9.17) is 0 Å². The van der Waals surface area contributed by atoms with E-state index in [9.17, 15) is 9.50 Å². The summed E-state index contributed by atoms with van der Waals surface area (Å²) in [6, 6.07) is 14.9. The van der Waals surface area contributed by atoms with Crippen LogP contribution in [0.2, 0.25) is 0 Å². The second kappa shape index (κ2) is 9.79. The highest BCUT2D eigenvalue weighted by Gasteiger charge is 2.10. The zero-order valence-electron chi connectivity index (χ0n) is 14.8. The van der Waals surface area contributed by atoms with Gasteiger partial charge in [-0.25, -0.2) is 9.38 Å². The maximum Gasteiger partial charge on any atom is 0.191 e. The first-order chi connectivity index (χ1) is 12.1. The lowest BCUT2D eigenvalue weighted by Crippen LogP contribution is -2.39. The summed E-state index contributed by atoms with van der Waals surface area (Å²) in [5.74, 6) is 0.475. The van der Waals surface area contributed by atoms with Gasteiger partial charge < -0.3 is 15.7 Å². The Balaban J connectivity index is 2.00. The number of guanidine groups is 1. The Morgan fingerprint density at radius 3 is 2.56 bits per heavy atom. The highest BCUT2D eigenvalue weighted by molar-refractivity contribution is 5.79.